The summed E-state index contributed by atoms with van der Waals surface area (Å²) in [5.74, 6) is 0.436. The molecule has 21 heavy (non-hydrogen) atoms. The van der Waals surface area contributed by atoms with Gasteiger partial charge in [0.2, 0.25) is 5.91 Å². The van der Waals surface area contributed by atoms with Crippen molar-refractivity contribution in [3.05, 3.63) is 30.1 Å². The van der Waals surface area contributed by atoms with E-state index in [2.05, 4.69) is 35.5 Å². The lowest BCUT2D eigenvalue weighted by Gasteiger charge is -2.25. The van der Waals surface area contributed by atoms with Crippen LogP contribution in [0.3, 0.4) is 0 Å². The molecule has 1 atom stereocenters. The number of amides is 1. The Labute approximate surface area is 127 Å². The molecule has 2 N–H and O–H groups in total. The lowest BCUT2D eigenvalue weighted by Crippen LogP contribution is -2.37. The van der Waals surface area contributed by atoms with Crippen molar-refractivity contribution in [2.45, 2.75) is 46.1 Å². The highest BCUT2D eigenvalue weighted by atomic mass is 16.1. The molecule has 0 aliphatic heterocycles. The second-order valence-corrected chi connectivity index (χ2v) is 6.62. The van der Waals surface area contributed by atoms with Crippen molar-refractivity contribution in [3.8, 4) is 0 Å². The summed E-state index contributed by atoms with van der Waals surface area (Å²) in [6.45, 7) is 6.91. The third-order valence-corrected chi connectivity index (χ3v) is 4.46. The van der Waals surface area contributed by atoms with Crippen LogP contribution in [0, 0.1) is 11.3 Å². The van der Waals surface area contributed by atoms with Crippen LogP contribution in [0.25, 0.3) is 0 Å². The average Bonchev–Trinajstić information content (AvgIpc) is 2.83. The van der Waals surface area contributed by atoms with Gasteiger partial charge in [0.05, 0.1) is 0 Å². The minimum atomic E-state index is 0.169. The third kappa shape index (κ3) is 4.81. The van der Waals surface area contributed by atoms with Crippen LogP contribution in [0.5, 0.6) is 0 Å². The van der Waals surface area contributed by atoms with Gasteiger partial charge in [-0.1, -0.05) is 26.3 Å². The van der Waals surface area contributed by atoms with Crippen LogP contribution in [0.15, 0.2) is 24.5 Å². The Balaban J connectivity index is 1.57. The smallest absolute Gasteiger partial charge is 0.223 e. The van der Waals surface area contributed by atoms with E-state index in [0.717, 1.165) is 38.9 Å². The molecule has 0 saturated heterocycles. The molecule has 116 valence electrons. The number of hydrogen-bond acceptors (Lipinski definition) is 3. The Morgan fingerprint density at radius 3 is 2.95 bits per heavy atom. The topological polar surface area (TPSA) is 54.0 Å². The van der Waals surface area contributed by atoms with Crippen molar-refractivity contribution in [2.75, 3.05) is 13.1 Å². The maximum atomic E-state index is 12.2. The van der Waals surface area contributed by atoms with Crippen LogP contribution in [0.2, 0.25) is 0 Å². The lowest BCUT2D eigenvalue weighted by molar-refractivity contribution is -0.127. The van der Waals surface area contributed by atoms with Crippen molar-refractivity contribution in [3.63, 3.8) is 0 Å². The molecule has 1 saturated carbocycles. The van der Waals surface area contributed by atoms with Crippen LogP contribution in [0.1, 0.15) is 45.1 Å². The van der Waals surface area contributed by atoms with Gasteiger partial charge in [-0.2, -0.15) is 0 Å². The molecule has 1 fully saturated rings. The number of nitrogens with zero attached hydrogens (tertiary/aromatic N) is 1. The van der Waals surface area contributed by atoms with E-state index in [9.17, 15) is 4.79 Å². The van der Waals surface area contributed by atoms with Crippen LogP contribution in [-0.4, -0.2) is 24.0 Å². The van der Waals surface area contributed by atoms with Gasteiger partial charge in [-0.25, -0.2) is 0 Å². The molecule has 1 aliphatic carbocycles. The summed E-state index contributed by atoms with van der Waals surface area (Å²) in [4.78, 5) is 16.3. The lowest BCUT2D eigenvalue weighted by atomic mass is 9.81. The van der Waals surface area contributed by atoms with Gasteiger partial charge in [0.1, 0.15) is 0 Å². The normalized spacial score (nSPS) is 20.4. The fourth-order valence-corrected chi connectivity index (χ4v) is 3.10. The highest BCUT2D eigenvalue weighted by Gasteiger charge is 2.38. The number of rotatable bonds is 7. The van der Waals surface area contributed by atoms with Crippen molar-refractivity contribution in [2.24, 2.45) is 11.3 Å². The average molecular weight is 289 g/mol. The number of nitrogens with one attached hydrogen (secondary N) is 2. The van der Waals surface area contributed by atoms with Crippen LogP contribution in [0.4, 0.5) is 0 Å². The number of carbonyl (C=O) groups excluding carboxylic acids is 1. The molecule has 1 aromatic rings. The zero-order valence-corrected chi connectivity index (χ0v) is 13.2. The minimum absolute atomic E-state index is 0.169. The summed E-state index contributed by atoms with van der Waals surface area (Å²) in [5.41, 5.74) is 1.36. The van der Waals surface area contributed by atoms with Gasteiger partial charge in [-0.05, 0) is 42.9 Å². The first-order valence-corrected chi connectivity index (χ1v) is 7.97. The fourth-order valence-electron chi connectivity index (χ4n) is 3.10. The highest BCUT2D eigenvalue weighted by Crippen LogP contribution is 2.42. The van der Waals surface area contributed by atoms with Gasteiger partial charge in [-0.15, -0.1) is 0 Å². The Hall–Kier alpha value is -1.42. The molecule has 0 radical (unpaired) electrons. The quantitative estimate of drug-likeness (QED) is 0.758. The zero-order chi connectivity index (χ0) is 15.1. The minimum Gasteiger partial charge on any atom is -0.356 e. The summed E-state index contributed by atoms with van der Waals surface area (Å²) in [5, 5.41) is 6.46. The van der Waals surface area contributed by atoms with Crippen LogP contribution < -0.4 is 10.6 Å². The molecule has 0 bridgehead atoms. The first-order valence-electron chi connectivity index (χ1n) is 7.97. The number of aromatic nitrogens is 1. The van der Waals surface area contributed by atoms with Gasteiger partial charge in [-0.3, -0.25) is 9.78 Å². The monoisotopic (exact) mass is 289 g/mol. The van der Waals surface area contributed by atoms with Gasteiger partial charge in [0.15, 0.2) is 0 Å². The molecule has 1 heterocycles. The first-order chi connectivity index (χ1) is 10.1. The van der Waals surface area contributed by atoms with Crippen molar-refractivity contribution in [1.82, 2.24) is 15.6 Å². The molecule has 4 heteroatoms. The fraction of sp³-hybridized carbons (Fsp3) is 0.647. The summed E-state index contributed by atoms with van der Waals surface area (Å²) in [6.07, 6.45) is 7.99. The second kappa shape index (κ2) is 7.55. The second-order valence-electron chi connectivity index (χ2n) is 6.62. The standard InChI is InChI=1S/C17H27N3O/c1-17(2)8-3-7-15(17)16(21)20-11-5-10-19-13-14-6-4-9-18-12-14/h4,6,9,12,15,19H,3,5,7-8,10-11,13H2,1-2H3,(H,20,21). The largest absolute Gasteiger partial charge is 0.356 e. The Kier molecular flexibility index (Phi) is 5.74. The molecule has 0 spiro atoms. The Bertz CT molecular complexity index is 445. The molecular formula is C17H27N3O. The summed E-state index contributed by atoms with van der Waals surface area (Å²) < 4.78 is 0. The first kappa shape index (κ1) is 16.0. The predicted octanol–water partition coefficient (Wildman–Crippen LogP) is 2.50. The van der Waals surface area contributed by atoms with Crippen LogP contribution >= 0.6 is 0 Å². The zero-order valence-electron chi connectivity index (χ0n) is 13.2. The third-order valence-electron chi connectivity index (χ3n) is 4.46. The van der Waals surface area contributed by atoms with E-state index in [1.165, 1.54) is 12.0 Å². The molecule has 1 unspecified atom stereocenters. The van der Waals surface area contributed by atoms with E-state index in [0.29, 0.717) is 0 Å². The molecular weight excluding hydrogens is 262 g/mol. The highest BCUT2D eigenvalue weighted by molar-refractivity contribution is 5.79. The van der Waals surface area contributed by atoms with E-state index in [1.54, 1.807) is 6.20 Å². The SMILES string of the molecule is CC1(C)CCCC1C(=O)NCCCNCc1cccnc1. The van der Waals surface area contributed by atoms with Crippen molar-refractivity contribution >= 4 is 5.91 Å². The molecule has 4 nitrogen and oxygen atoms in total. The Morgan fingerprint density at radius 2 is 2.29 bits per heavy atom. The van der Waals surface area contributed by atoms with Gasteiger partial charge < -0.3 is 10.6 Å². The number of carbonyl (C=O) groups is 1. The summed E-state index contributed by atoms with van der Waals surface area (Å²) in [7, 11) is 0. The van der Waals surface area contributed by atoms with E-state index in [1.807, 2.05) is 12.3 Å². The Morgan fingerprint density at radius 1 is 1.43 bits per heavy atom. The predicted molar refractivity (Wildman–Crippen MR) is 84.7 cm³/mol. The number of hydrogen-bond donors (Lipinski definition) is 2. The van der Waals surface area contributed by atoms with E-state index in [-0.39, 0.29) is 17.2 Å². The van der Waals surface area contributed by atoms with E-state index >= 15 is 0 Å². The van der Waals surface area contributed by atoms with Crippen molar-refractivity contribution < 1.29 is 4.79 Å². The molecule has 1 aromatic heterocycles. The van der Waals surface area contributed by atoms with Crippen molar-refractivity contribution in [1.29, 1.82) is 0 Å². The number of pyridine rings is 1. The summed E-state index contributed by atoms with van der Waals surface area (Å²) in [6, 6.07) is 4.00. The van der Waals surface area contributed by atoms with Gasteiger partial charge in [0.25, 0.3) is 0 Å². The molecule has 2 rings (SSSR count). The molecule has 1 aliphatic rings. The maximum absolute atomic E-state index is 12.2. The van der Waals surface area contributed by atoms with E-state index < -0.39 is 0 Å². The van der Waals surface area contributed by atoms with E-state index in [4.69, 9.17) is 0 Å². The van der Waals surface area contributed by atoms with Gasteiger partial charge >= 0.3 is 0 Å². The maximum Gasteiger partial charge on any atom is 0.223 e. The van der Waals surface area contributed by atoms with Crippen LogP contribution in [-0.2, 0) is 11.3 Å². The summed E-state index contributed by atoms with van der Waals surface area (Å²) >= 11 is 0. The molecule has 0 aromatic carbocycles. The van der Waals surface area contributed by atoms with Gasteiger partial charge in [0, 0.05) is 31.4 Å². The molecule has 1 amide bonds.